The average Bonchev–Trinajstić information content (AvgIpc) is 3.45. The lowest BCUT2D eigenvalue weighted by molar-refractivity contribution is 0.772. The van der Waals surface area contributed by atoms with E-state index in [1.165, 1.54) is 308 Å². The van der Waals surface area contributed by atoms with Crippen LogP contribution in [0.2, 0.25) is 0 Å². The SMILES string of the molecule is CCCCC.CCCCC.CCCCC.CCCCC.CCCCC.CCCCC.CCCCC.CCCCC.CCCCC.CCCCC.CCCCC.CCCCC.CCCCC.CCCCC.CCCCC.CCCCC.O. The largest absolute Gasteiger partial charge is 0.412 e. The van der Waals surface area contributed by atoms with Crippen LogP contribution >= 0.6 is 0 Å². The second-order valence-corrected chi connectivity index (χ2v) is 21.7. The summed E-state index contributed by atoms with van der Waals surface area (Å²) in [6.07, 6.45) is 65.2. The van der Waals surface area contributed by atoms with Crippen molar-refractivity contribution in [1.29, 1.82) is 0 Å². The van der Waals surface area contributed by atoms with Gasteiger partial charge >= 0.3 is 0 Å². The third kappa shape index (κ3) is 476. The van der Waals surface area contributed by atoms with E-state index in [1.807, 2.05) is 0 Å². The van der Waals surface area contributed by atoms with Crippen molar-refractivity contribution >= 4 is 0 Å². The summed E-state index contributed by atoms with van der Waals surface area (Å²) in [5.41, 5.74) is 0. The monoisotopic (exact) mass is 1170 g/mol. The molecule has 81 heavy (non-hydrogen) atoms. The van der Waals surface area contributed by atoms with Gasteiger partial charge in [-0.15, -0.1) is 0 Å². The van der Waals surface area contributed by atoms with E-state index in [1.54, 1.807) is 0 Å². The molecule has 0 saturated carbocycles. The first kappa shape index (κ1) is 127. The molecule has 0 bridgehead atoms. The van der Waals surface area contributed by atoms with Gasteiger partial charge in [-0.1, -0.05) is 530 Å². The van der Waals surface area contributed by atoms with Gasteiger partial charge in [0, 0.05) is 0 Å². The smallest absolute Gasteiger partial charge is 0.0538 e. The molecular formula is C80H194O. The maximum Gasteiger partial charge on any atom is -0.0538 e. The highest BCUT2D eigenvalue weighted by Crippen LogP contribution is 1.95. The Balaban J connectivity index is -0.0000000359. The fourth-order valence-electron chi connectivity index (χ4n) is 5.66. The van der Waals surface area contributed by atoms with Gasteiger partial charge in [-0.2, -0.15) is 0 Å². The molecule has 2 N–H and O–H groups in total. The molecule has 0 heterocycles. The quantitative estimate of drug-likeness (QED) is 0.0643. The first-order valence-corrected chi connectivity index (χ1v) is 38.6. The van der Waals surface area contributed by atoms with Crippen LogP contribution in [0.3, 0.4) is 0 Å². The predicted octanol–water partition coefficient (Wildman–Crippen LogP) is 34.3. The zero-order valence-corrected chi connectivity index (χ0v) is 66.4. The summed E-state index contributed by atoms with van der Waals surface area (Å²) in [5.74, 6) is 0. The zero-order valence-electron chi connectivity index (χ0n) is 66.4. The summed E-state index contributed by atoms with van der Waals surface area (Å²) in [4.78, 5) is 0. The molecule has 0 unspecified atom stereocenters. The van der Waals surface area contributed by atoms with Gasteiger partial charge in [-0.25, -0.2) is 0 Å². The Labute approximate surface area is 532 Å². The molecule has 0 spiro atoms. The van der Waals surface area contributed by atoms with Crippen molar-refractivity contribution in [2.75, 3.05) is 0 Å². The van der Waals surface area contributed by atoms with Crippen LogP contribution in [0.5, 0.6) is 0 Å². The zero-order chi connectivity index (χ0) is 65.9. The highest BCUT2D eigenvalue weighted by Gasteiger charge is 1.75. The summed E-state index contributed by atoms with van der Waals surface area (Å²) in [6.45, 7) is 70.8. The molecular weight excluding hydrogens is 977 g/mol. The molecule has 0 aromatic heterocycles. The third-order valence-electron chi connectivity index (χ3n) is 11.3. The Bertz CT molecular complexity index is 320. The molecule has 0 radical (unpaired) electrons. The summed E-state index contributed by atoms with van der Waals surface area (Å²) in [6, 6.07) is 0. The molecule has 0 saturated heterocycles. The van der Waals surface area contributed by atoms with E-state index < -0.39 is 0 Å². The molecule has 0 rings (SSSR count). The van der Waals surface area contributed by atoms with Gasteiger partial charge in [-0.3, -0.25) is 0 Å². The Morgan fingerprint density at radius 2 is 0.0988 bits per heavy atom. The van der Waals surface area contributed by atoms with Gasteiger partial charge in [0.1, 0.15) is 0 Å². The van der Waals surface area contributed by atoms with Crippen LogP contribution in [0.25, 0.3) is 0 Å². The lowest BCUT2D eigenvalue weighted by atomic mass is 10.3. The van der Waals surface area contributed by atoms with Crippen molar-refractivity contribution in [2.24, 2.45) is 0 Å². The predicted molar refractivity (Wildman–Crippen MR) is 407 cm³/mol. The van der Waals surface area contributed by atoms with Crippen LogP contribution in [0, 0.1) is 0 Å². The fraction of sp³-hybridized carbons (Fsp3) is 1.00. The highest BCUT2D eigenvalue weighted by molar-refractivity contribution is 4.31. The third-order valence-corrected chi connectivity index (χ3v) is 11.3. The molecule has 0 fully saturated rings. The molecule has 0 amide bonds. The van der Waals surface area contributed by atoms with Crippen LogP contribution < -0.4 is 0 Å². The second kappa shape index (κ2) is 217. The van der Waals surface area contributed by atoms with E-state index in [0.29, 0.717) is 0 Å². The van der Waals surface area contributed by atoms with Gasteiger partial charge in [-0.05, 0) is 0 Å². The van der Waals surface area contributed by atoms with E-state index >= 15 is 0 Å². The molecule has 1 nitrogen and oxygen atoms in total. The molecule has 1 heteroatoms. The Hall–Kier alpha value is -0.0400. The van der Waals surface area contributed by atoms with Gasteiger partial charge < -0.3 is 5.48 Å². The second-order valence-electron chi connectivity index (χ2n) is 21.7. The molecule has 0 aromatic rings. The maximum absolute atomic E-state index is 2.21. The summed E-state index contributed by atoms with van der Waals surface area (Å²) in [7, 11) is 0. The number of rotatable bonds is 32. The van der Waals surface area contributed by atoms with Crippen LogP contribution in [-0.4, -0.2) is 5.48 Å². The number of unbranched alkanes of at least 4 members (excludes halogenated alkanes) is 32. The van der Waals surface area contributed by atoms with Crippen LogP contribution in [0.4, 0.5) is 0 Å². The van der Waals surface area contributed by atoms with Crippen LogP contribution in [0.1, 0.15) is 530 Å². The van der Waals surface area contributed by atoms with E-state index in [-0.39, 0.29) is 5.48 Å². The standard InChI is InChI=1S/16C5H12.H2O/c16*1-3-5-4-2;/h16*3-5H2,1-2H3;1H2. The Morgan fingerprint density at radius 3 is 0.0988 bits per heavy atom. The number of hydrogen-bond donors (Lipinski definition) is 0. The molecule has 0 aliphatic carbocycles. The topological polar surface area (TPSA) is 31.5 Å². The van der Waals surface area contributed by atoms with Crippen molar-refractivity contribution in [3.8, 4) is 0 Å². The van der Waals surface area contributed by atoms with Crippen LogP contribution in [-0.2, 0) is 0 Å². The lowest BCUT2D eigenvalue weighted by Crippen LogP contribution is -1.59. The fourth-order valence-corrected chi connectivity index (χ4v) is 5.66. The van der Waals surface area contributed by atoms with Crippen molar-refractivity contribution in [2.45, 2.75) is 530 Å². The molecule has 0 aliphatic heterocycles. The summed E-state index contributed by atoms with van der Waals surface area (Å²) in [5, 5.41) is 0. The van der Waals surface area contributed by atoms with E-state index in [4.69, 9.17) is 0 Å². The van der Waals surface area contributed by atoms with Crippen molar-refractivity contribution in [1.82, 2.24) is 0 Å². The molecule has 0 atom stereocenters. The van der Waals surface area contributed by atoms with Crippen molar-refractivity contribution in [3.05, 3.63) is 0 Å². The minimum atomic E-state index is 0. The average molecular weight is 1170 g/mol. The summed E-state index contributed by atoms with van der Waals surface area (Å²) >= 11 is 0. The Kier molecular flexibility index (Phi) is 339. The van der Waals surface area contributed by atoms with Gasteiger partial charge in [0.05, 0.1) is 0 Å². The normalized spacial score (nSPS) is 8.30. The van der Waals surface area contributed by atoms with Gasteiger partial charge in [0.15, 0.2) is 0 Å². The number of hydrogen-bond acceptors (Lipinski definition) is 0. The molecule has 0 aromatic carbocycles. The first-order valence-electron chi connectivity index (χ1n) is 38.6. The highest BCUT2D eigenvalue weighted by atomic mass is 16.0. The summed E-state index contributed by atoms with van der Waals surface area (Å²) < 4.78 is 0. The lowest BCUT2D eigenvalue weighted by Gasteiger charge is -1.79. The first-order chi connectivity index (χ1) is 38.6. The van der Waals surface area contributed by atoms with E-state index in [9.17, 15) is 0 Å². The minimum Gasteiger partial charge on any atom is -0.412 e. The molecule has 0 aliphatic rings. The van der Waals surface area contributed by atoms with E-state index in [0.717, 1.165) is 0 Å². The minimum absolute atomic E-state index is 0. The van der Waals surface area contributed by atoms with Crippen LogP contribution in [0.15, 0.2) is 0 Å². The van der Waals surface area contributed by atoms with E-state index in [2.05, 4.69) is 222 Å². The van der Waals surface area contributed by atoms with Crippen molar-refractivity contribution in [3.63, 3.8) is 0 Å². The Morgan fingerprint density at radius 1 is 0.0741 bits per heavy atom. The van der Waals surface area contributed by atoms with Gasteiger partial charge in [0.2, 0.25) is 0 Å². The molecule has 520 valence electrons. The van der Waals surface area contributed by atoms with Crippen molar-refractivity contribution < 1.29 is 5.48 Å². The van der Waals surface area contributed by atoms with Gasteiger partial charge in [0.25, 0.3) is 0 Å². The maximum atomic E-state index is 2.21.